The first kappa shape index (κ1) is 20.5. The summed E-state index contributed by atoms with van der Waals surface area (Å²) in [6.45, 7) is 8.61. The molecule has 2 heterocycles. The van der Waals surface area contributed by atoms with Gasteiger partial charge in [0.2, 0.25) is 0 Å². The van der Waals surface area contributed by atoms with Gasteiger partial charge >= 0.3 is 0 Å². The van der Waals surface area contributed by atoms with Crippen LogP contribution in [-0.4, -0.2) is 21.3 Å². The Morgan fingerprint density at radius 3 is 2.54 bits per heavy atom. The molecule has 0 saturated carbocycles. The van der Waals surface area contributed by atoms with Crippen molar-refractivity contribution in [2.24, 2.45) is 0 Å². The molecule has 3 aromatic rings. The molecule has 0 aliphatic rings. The lowest BCUT2D eigenvalue weighted by molar-refractivity contribution is 0.412. The van der Waals surface area contributed by atoms with Gasteiger partial charge in [0.15, 0.2) is 5.82 Å². The number of ether oxygens (including phenoxy) is 1. The van der Waals surface area contributed by atoms with E-state index >= 15 is 0 Å². The number of aryl methyl sites for hydroxylation is 3. The minimum atomic E-state index is -0.0170. The van der Waals surface area contributed by atoms with Crippen molar-refractivity contribution >= 4 is 17.1 Å². The third-order valence-electron chi connectivity index (χ3n) is 5.22. The van der Waals surface area contributed by atoms with Gasteiger partial charge in [-0.1, -0.05) is 31.4 Å². The molecule has 2 aromatic heterocycles. The van der Waals surface area contributed by atoms with E-state index in [0.717, 1.165) is 53.8 Å². The molecule has 150 valence electrons. The topological polar surface area (TPSA) is 48.5 Å². The lowest BCUT2D eigenvalue weighted by Crippen LogP contribution is -2.26. The summed E-state index contributed by atoms with van der Waals surface area (Å²) in [5.41, 5.74) is 4.39. The van der Waals surface area contributed by atoms with Gasteiger partial charge in [-0.3, -0.25) is 9.36 Å². The minimum Gasteiger partial charge on any atom is -0.496 e. The zero-order valence-corrected chi connectivity index (χ0v) is 18.1. The van der Waals surface area contributed by atoms with Crippen molar-refractivity contribution in [3.05, 3.63) is 50.4 Å². The molecule has 0 amide bonds. The molecule has 5 nitrogen and oxygen atoms in total. The van der Waals surface area contributed by atoms with Gasteiger partial charge in [-0.25, -0.2) is 4.52 Å². The zero-order chi connectivity index (χ0) is 20.4. The average molecular weight is 402 g/mol. The van der Waals surface area contributed by atoms with Gasteiger partial charge < -0.3 is 4.74 Å². The predicted octanol–water partition coefficient (Wildman–Crippen LogP) is 5.19. The van der Waals surface area contributed by atoms with E-state index in [2.05, 4.69) is 13.0 Å². The van der Waals surface area contributed by atoms with Crippen LogP contribution in [0.25, 0.3) is 16.9 Å². The van der Waals surface area contributed by atoms with Crippen molar-refractivity contribution in [3.63, 3.8) is 0 Å². The van der Waals surface area contributed by atoms with Crippen molar-refractivity contribution in [2.45, 2.75) is 59.9 Å². The molecule has 28 heavy (non-hydrogen) atoms. The van der Waals surface area contributed by atoms with Crippen LogP contribution in [0.3, 0.4) is 0 Å². The van der Waals surface area contributed by atoms with Crippen LogP contribution in [0.2, 0.25) is 5.02 Å². The largest absolute Gasteiger partial charge is 0.496 e. The number of hydrogen-bond donors (Lipinski definition) is 0. The first-order valence-corrected chi connectivity index (χ1v) is 10.3. The molecular formula is C22H28ClN3O2. The van der Waals surface area contributed by atoms with Crippen molar-refractivity contribution in [3.8, 4) is 17.1 Å². The number of hydrogen-bond acceptors (Lipinski definition) is 3. The van der Waals surface area contributed by atoms with Gasteiger partial charge in [-0.15, -0.1) is 5.10 Å². The maximum absolute atomic E-state index is 13.4. The van der Waals surface area contributed by atoms with Crippen LogP contribution in [0.4, 0.5) is 0 Å². The smallest absolute Gasteiger partial charge is 0.278 e. The summed E-state index contributed by atoms with van der Waals surface area (Å²) >= 11 is 6.53. The molecule has 0 fully saturated rings. The Labute approximate surface area is 170 Å². The maximum Gasteiger partial charge on any atom is 0.278 e. The predicted molar refractivity (Wildman–Crippen MR) is 115 cm³/mol. The van der Waals surface area contributed by atoms with Gasteiger partial charge in [0.25, 0.3) is 5.56 Å². The minimum absolute atomic E-state index is 0.0170. The molecule has 0 saturated heterocycles. The molecule has 1 aromatic carbocycles. The van der Waals surface area contributed by atoms with E-state index < -0.39 is 0 Å². The average Bonchev–Trinajstić information content (AvgIpc) is 2.99. The molecule has 0 aliphatic heterocycles. The molecule has 0 aliphatic carbocycles. The van der Waals surface area contributed by atoms with Crippen molar-refractivity contribution < 1.29 is 4.74 Å². The molecule has 0 bridgehead atoms. The molecule has 3 rings (SSSR count). The van der Waals surface area contributed by atoms with Crippen LogP contribution in [0.5, 0.6) is 5.75 Å². The van der Waals surface area contributed by atoms with E-state index in [4.69, 9.17) is 21.4 Å². The van der Waals surface area contributed by atoms with Crippen molar-refractivity contribution in [2.75, 3.05) is 7.11 Å². The van der Waals surface area contributed by atoms with E-state index in [1.807, 2.05) is 26.8 Å². The number of halogens is 1. The fourth-order valence-corrected chi connectivity index (χ4v) is 3.96. The summed E-state index contributed by atoms with van der Waals surface area (Å²) in [5.74, 6) is 1.30. The fourth-order valence-electron chi connectivity index (χ4n) is 3.73. The number of fused-ring (bicyclic) bond motifs is 1. The SMILES string of the molecule is CCCCCc1cc(C)n2nc(-c3cc(C)c(OC)cc3Cl)n(CC)c(=O)c12. The molecular weight excluding hydrogens is 374 g/mol. The molecule has 0 unspecified atom stereocenters. The third kappa shape index (κ3) is 3.55. The number of benzene rings is 1. The van der Waals surface area contributed by atoms with Gasteiger partial charge in [0.1, 0.15) is 11.3 Å². The van der Waals surface area contributed by atoms with Crippen LogP contribution < -0.4 is 10.3 Å². The molecule has 0 spiro atoms. The highest BCUT2D eigenvalue weighted by Gasteiger charge is 2.19. The maximum atomic E-state index is 13.4. The summed E-state index contributed by atoms with van der Waals surface area (Å²) in [6.07, 6.45) is 4.28. The quantitative estimate of drug-likeness (QED) is 0.511. The van der Waals surface area contributed by atoms with Crippen LogP contribution in [0.1, 0.15) is 49.9 Å². The second-order valence-corrected chi connectivity index (χ2v) is 7.61. The summed E-state index contributed by atoms with van der Waals surface area (Å²) in [7, 11) is 1.62. The number of rotatable bonds is 7. The van der Waals surface area contributed by atoms with Crippen LogP contribution in [0, 0.1) is 13.8 Å². The number of aromatic nitrogens is 3. The normalized spacial score (nSPS) is 11.4. The Hall–Kier alpha value is -2.27. The van der Waals surface area contributed by atoms with Gasteiger partial charge in [0.05, 0.1) is 12.1 Å². The highest BCUT2D eigenvalue weighted by atomic mass is 35.5. The number of nitrogens with zero attached hydrogens (tertiary/aromatic N) is 3. The van der Waals surface area contributed by atoms with E-state index in [-0.39, 0.29) is 5.56 Å². The Bertz CT molecular complexity index is 1070. The lowest BCUT2D eigenvalue weighted by atomic mass is 10.1. The lowest BCUT2D eigenvalue weighted by Gasteiger charge is -2.15. The van der Waals surface area contributed by atoms with E-state index in [9.17, 15) is 4.79 Å². The summed E-state index contributed by atoms with van der Waals surface area (Å²) in [5, 5.41) is 5.35. The molecule has 0 radical (unpaired) electrons. The second kappa shape index (κ2) is 8.39. The monoisotopic (exact) mass is 401 g/mol. The second-order valence-electron chi connectivity index (χ2n) is 7.20. The third-order valence-corrected chi connectivity index (χ3v) is 5.54. The Kier molecular flexibility index (Phi) is 6.14. The van der Waals surface area contributed by atoms with E-state index in [0.29, 0.717) is 22.9 Å². The number of unbranched alkanes of at least 4 members (excludes halogenated alkanes) is 2. The fraction of sp³-hybridized carbons (Fsp3) is 0.455. The van der Waals surface area contributed by atoms with Crippen LogP contribution in [0.15, 0.2) is 23.0 Å². The Morgan fingerprint density at radius 2 is 1.89 bits per heavy atom. The Balaban J connectivity index is 2.24. The summed E-state index contributed by atoms with van der Waals surface area (Å²) in [6, 6.07) is 5.80. The first-order chi connectivity index (χ1) is 13.4. The van der Waals surface area contributed by atoms with Gasteiger partial charge in [-0.2, -0.15) is 0 Å². The van der Waals surface area contributed by atoms with Gasteiger partial charge in [-0.05, 0) is 62.9 Å². The highest BCUT2D eigenvalue weighted by Crippen LogP contribution is 2.33. The highest BCUT2D eigenvalue weighted by molar-refractivity contribution is 6.33. The van der Waals surface area contributed by atoms with Crippen molar-refractivity contribution in [1.29, 1.82) is 0 Å². The van der Waals surface area contributed by atoms with Crippen LogP contribution >= 0.6 is 11.6 Å². The van der Waals surface area contributed by atoms with E-state index in [1.165, 1.54) is 0 Å². The molecule has 0 N–H and O–H groups in total. The first-order valence-electron chi connectivity index (χ1n) is 9.89. The van der Waals surface area contributed by atoms with Crippen LogP contribution in [-0.2, 0) is 13.0 Å². The molecule has 0 atom stereocenters. The zero-order valence-electron chi connectivity index (χ0n) is 17.3. The molecule has 6 heteroatoms. The van der Waals surface area contributed by atoms with E-state index in [1.54, 1.807) is 22.3 Å². The van der Waals surface area contributed by atoms with Crippen molar-refractivity contribution in [1.82, 2.24) is 14.2 Å². The standard InChI is InChI=1S/C22H28ClN3O2/c1-6-8-9-10-16-12-15(4)26-20(16)22(27)25(7-2)21(24-26)17-11-14(3)19(28-5)13-18(17)23/h11-13H,6-10H2,1-5H3. The van der Waals surface area contributed by atoms with Gasteiger partial charge in [0, 0.05) is 17.8 Å². The summed E-state index contributed by atoms with van der Waals surface area (Å²) < 4.78 is 8.85. The number of methoxy groups -OCH3 is 1. The summed E-state index contributed by atoms with van der Waals surface area (Å²) in [4.78, 5) is 13.4. The Morgan fingerprint density at radius 1 is 1.14 bits per heavy atom.